The van der Waals surface area contributed by atoms with E-state index in [1.165, 1.54) is 26.0 Å². The zero-order valence-corrected chi connectivity index (χ0v) is 22.2. The Hall–Kier alpha value is -2.26. The average Bonchev–Trinajstić information content (AvgIpc) is 3.64. The van der Waals surface area contributed by atoms with Gasteiger partial charge in [-0.25, -0.2) is 0 Å². The second kappa shape index (κ2) is 13.0. The van der Waals surface area contributed by atoms with Crippen LogP contribution in [0.1, 0.15) is 50.0 Å². The van der Waals surface area contributed by atoms with Crippen LogP contribution in [-0.2, 0) is 24.4 Å². The van der Waals surface area contributed by atoms with Crippen LogP contribution in [0.3, 0.4) is 0 Å². The highest BCUT2D eigenvalue weighted by Crippen LogP contribution is 2.20. The van der Waals surface area contributed by atoms with Crippen LogP contribution in [0.25, 0.3) is 0 Å². The molecule has 8 heteroatoms. The summed E-state index contributed by atoms with van der Waals surface area (Å²) in [4.78, 5) is 34.3. The molecule has 4 rings (SSSR count). The Morgan fingerprint density at radius 3 is 1.65 bits per heavy atom. The van der Waals surface area contributed by atoms with Crippen molar-refractivity contribution >= 4 is 57.2 Å². The number of unbranched alkanes of at least 4 members (excludes halogenated alkanes) is 2. The van der Waals surface area contributed by atoms with E-state index < -0.39 is 0 Å². The zero-order chi connectivity index (χ0) is 23.6. The number of carbonyl (C=O) groups excluding carboxylic acids is 2. The minimum Gasteiger partial charge on any atom is -0.333 e. The van der Waals surface area contributed by atoms with Gasteiger partial charge in [-0.05, 0) is 58.6 Å². The fourth-order valence-electron chi connectivity index (χ4n) is 3.73. The molecule has 0 aromatic carbocycles. The minimum atomic E-state index is 0.0950. The fraction of sp³-hybridized carbons (Fsp3) is 0.308. The van der Waals surface area contributed by atoms with Gasteiger partial charge in [0.15, 0.2) is 0 Å². The van der Waals surface area contributed by atoms with Gasteiger partial charge in [0.2, 0.25) is 5.91 Å². The van der Waals surface area contributed by atoms with Gasteiger partial charge < -0.3 is 9.80 Å². The number of hydrogen-bond acceptors (Lipinski definition) is 6. The molecular formula is C26H28N2O2S4. The van der Waals surface area contributed by atoms with Crippen molar-refractivity contribution < 1.29 is 9.59 Å². The summed E-state index contributed by atoms with van der Waals surface area (Å²) in [6, 6.07) is 16.2. The largest absolute Gasteiger partial charge is 0.333 e. The van der Waals surface area contributed by atoms with Gasteiger partial charge in [0, 0.05) is 27.6 Å². The second-order valence-corrected chi connectivity index (χ2v) is 12.0. The molecular weight excluding hydrogens is 501 g/mol. The molecule has 0 aliphatic rings. The topological polar surface area (TPSA) is 40.6 Å². The molecule has 0 fully saturated rings. The van der Waals surface area contributed by atoms with Crippen LogP contribution >= 0.6 is 45.3 Å². The van der Waals surface area contributed by atoms with Crippen molar-refractivity contribution in [1.82, 2.24) is 9.80 Å². The lowest BCUT2D eigenvalue weighted by Gasteiger charge is -2.23. The normalized spacial score (nSPS) is 10.9. The lowest BCUT2D eigenvalue weighted by molar-refractivity contribution is -0.132. The number of nitrogens with zero attached hydrogens (tertiary/aromatic N) is 2. The van der Waals surface area contributed by atoms with E-state index in [0.29, 0.717) is 32.6 Å². The number of hydrogen-bond donors (Lipinski definition) is 0. The maximum atomic E-state index is 13.0. The van der Waals surface area contributed by atoms with Crippen LogP contribution in [0.4, 0.5) is 0 Å². The lowest BCUT2D eigenvalue weighted by Crippen LogP contribution is -2.31. The first-order valence-electron chi connectivity index (χ1n) is 11.4. The van der Waals surface area contributed by atoms with Crippen LogP contribution < -0.4 is 0 Å². The van der Waals surface area contributed by atoms with Gasteiger partial charge in [0.25, 0.3) is 5.91 Å². The first-order chi connectivity index (χ1) is 16.7. The maximum Gasteiger partial charge on any atom is 0.264 e. The van der Waals surface area contributed by atoms with Crippen LogP contribution in [-0.4, -0.2) is 28.2 Å². The molecule has 0 spiro atoms. The summed E-state index contributed by atoms with van der Waals surface area (Å²) in [7, 11) is 0. The minimum absolute atomic E-state index is 0.0950. The van der Waals surface area contributed by atoms with E-state index in [1.54, 1.807) is 34.0 Å². The quantitative estimate of drug-likeness (QED) is 0.170. The van der Waals surface area contributed by atoms with Crippen molar-refractivity contribution in [2.45, 2.75) is 45.3 Å². The Balaban J connectivity index is 1.26. The van der Waals surface area contributed by atoms with Gasteiger partial charge in [-0.15, -0.1) is 45.3 Å². The molecule has 0 radical (unpaired) electrons. The van der Waals surface area contributed by atoms with Crippen molar-refractivity contribution in [1.29, 1.82) is 0 Å². The number of thiophene rings is 4. The first kappa shape index (κ1) is 24.9. The van der Waals surface area contributed by atoms with Crippen molar-refractivity contribution in [3.8, 4) is 0 Å². The van der Waals surface area contributed by atoms with E-state index in [-0.39, 0.29) is 11.8 Å². The van der Waals surface area contributed by atoms with E-state index >= 15 is 0 Å². The predicted octanol–water partition coefficient (Wildman–Crippen LogP) is 7.36. The molecule has 0 saturated carbocycles. The smallest absolute Gasteiger partial charge is 0.264 e. The lowest BCUT2D eigenvalue weighted by atomic mass is 10.1. The van der Waals surface area contributed by atoms with E-state index in [1.807, 2.05) is 50.9 Å². The summed E-state index contributed by atoms with van der Waals surface area (Å²) in [5, 5.41) is 8.11. The Morgan fingerprint density at radius 2 is 1.15 bits per heavy atom. The van der Waals surface area contributed by atoms with E-state index in [9.17, 15) is 9.59 Å². The Bertz CT molecular complexity index is 1070. The SMILES string of the molecule is O=C(CCCCCN(Cc1cccs1)C(=O)c1cccs1)N(Cc1cccs1)Cc1cccs1. The summed E-state index contributed by atoms with van der Waals surface area (Å²) >= 11 is 6.56. The summed E-state index contributed by atoms with van der Waals surface area (Å²) in [6.45, 7) is 2.68. The third kappa shape index (κ3) is 7.37. The average molecular weight is 529 g/mol. The first-order valence-corrected chi connectivity index (χ1v) is 14.9. The van der Waals surface area contributed by atoms with Crippen LogP contribution in [0.15, 0.2) is 70.1 Å². The molecule has 0 atom stereocenters. The summed E-state index contributed by atoms with van der Waals surface area (Å²) < 4.78 is 0. The molecule has 4 aromatic rings. The van der Waals surface area contributed by atoms with Gasteiger partial charge >= 0.3 is 0 Å². The number of carbonyl (C=O) groups is 2. The second-order valence-electron chi connectivity index (χ2n) is 8.00. The summed E-state index contributed by atoms with van der Waals surface area (Å²) in [5.74, 6) is 0.296. The van der Waals surface area contributed by atoms with E-state index in [2.05, 4.69) is 29.0 Å². The molecule has 0 bridgehead atoms. The molecule has 0 aliphatic heterocycles. The molecule has 4 heterocycles. The standard InChI is InChI=1S/C26H28N2O2S4/c29-25(28(19-22-9-5-15-32-22)20-23-10-6-16-33-23)12-2-1-3-13-27(18-21-8-4-14-31-21)26(30)24-11-7-17-34-24/h4-11,14-17H,1-3,12-13,18-20H2. The molecule has 0 aliphatic carbocycles. The van der Waals surface area contributed by atoms with Crippen molar-refractivity contribution in [2.75, 3.05) is 6.54 Å². The highest BCUT2D eigenvalue weighted by Gasteiger charge is 2.18. The predicted molar refractivity (Wildman–Crippen MR) is 145 cm³/mol. The third-order valence-electron chi connectivity index (χ3n) is 5.47. The molecule has 2 amide bonds. The van der Waals surface area contributed by atoms with Gasteiger partial charge in [0.05, 0.1) is 24.5 Å². The molecule has 0 unspecified atom stereocenters. The van der Waals surface area contributed by atoms with Crippen LogP contribution in [0, 0.1) is 0 Å². The summed E-state index contributed by atoms with van der Waals surface area (Å²) in [6.07, 6.45) is 3.20. The van der Waals surface area contributed by atoms with Gasteiger partial charge in [-0.1, -0.05) is 30.7 Å². The van der Waals surface area contributed by atoms with Crippen molar-refractivity contribution in [2.24, 2.45) is 0 Å². The Labute approximate surface area is 217 Å². The fourth-order valence-corrected chi connectivity index (χ4v) is 6.58. The molecule has 0 saturated heterocycles. The molecule has 4 aromatic heterocycles. The molecule has 34 heavy (non-hydrogen) atoms. The molecule has 178 valence electrons. The Morgan fingerprint density at radius 1 is 0.618 bits per heavy atom. The monoisotopic (exact) mass is 528 g/mol. The molecule has 4 nitrogen and oxygen atoms in total. The van der Waals surface area contributed by atoms with Gasteiger partial charge in [-0.2, -0.15) is 0 Å². The number of amides is 2. The molecule has 0 N–H and O–H groups in total. The zero-order valence-electron chi connectivity index (χ0n) is 18.9. The van der Waals surface area contributed by atoms with E-state index in [4.69, 9.17) is 0 Å². The Kier molecular flexibility index (Phi) is 9.50. The van der Waals surface area contributed by atoms with Crippen molar-refractivity contribution in [3.05, 3.63) is 89.6 Å². The van der Waals surface area contributed by atoms with Crippen LogP contribution in [0.2, 0.25) is 0 Å². The van der Waals surface area contributed by atoms with Gasteiger partial charge in [-0.3, -0.25) is 9.59 Å². The highest BCUT2D eigenvalue weighted by atomic mass is 32.1. The third-order valence-corrected chi connectivity index (χ3v) is 8.91. The number of rotatable bonds is 13. The van der Waals surface area contributed by atoms with Gasteiger partial charge in [0.1, 0.15) is 0 Å². The van der Waals surface area contributed by atoms with E-state index in [0.717, 1.165) is 24.1 Å². The summed E-state index contributed by atoms with van der Waals surface area (Å²) in [5.41, 5.74) is 0. The maximum absolute atomic E-state index is 13.0. The van der Waals surface area contributed by atoms with Crippen molar-refractivity contribution in [3.63, 3.8) is 0 Å². The highest BCUT2D eigenvalue weighted by molar-refractivity contribution is 7.12. The van der Waals surface area contributed by atoms with Crippen LogP contribution in [0.5, 0.6) is 0 Å².